The third-order valence-electron chi connectivity index (χ3n) is 3.14. The quantitative estimate of drug-likeness (QED) is 0.727. The Bertz CT molecular complexity index is 726. The first-order chi connectivity index (χ1) is 11.2. The molecule has 0 aliphatic rings. The zero-order valence-corrected chi connectivity index (χ0v) is 14.0. The Morgan fingerprint density at radius 2 is 1.92 bits per heavy atom. The number of carbonyl (C=O) groups is 1. The van der Waals surface area contributed by atoms with Gasteiger partial charge in [0, 0.05) is 17.9 Å². The summed E-state index contributed by atoms with van der Waals surface area (Å²) in [5.41, 5.74) is 7.47. The Morgan fingerprint density at radius 3 is 2.58 bits per heavy atom. The van der Waals surface area contributed by atoms with Gasteiger partial charge in [0.15, 0.2) is 0 Å². The standard InChI is InChI=1S/C18H22FN3O2/c1-18(2,3)24-17(23)22-13-8-9-14(19)16(10-13)21-11-12-6-4-5-7-15(12)20/h4-10,21H,11,20H2,1-3H3,(H,22,23). The van der Waals surface area contributed by atoms with Gasteiger partial charge in [0.25, 0.3) is 0 Å². The van der Waals surface area contributed by atoms with Crippen LogP contribution in [-0.2, 0) is 11.3 Å². The van der Waals surface area contributed by atoms with E-state index in [-0.39, 0.29) is 5.69 Å². The fourth-order valence-electron chi connectivity index (χ4n) is 2.05. The van der Waals surface area contributed by atoms with Crippen molar-refractivity contribution in [1.82, 2.24) is 0 Å². The molecule has 2 rings (SSSR count). The van der Waals surface area contributed by atoms with Gasteiger partial charge in [0.2, 0.25) is 0 Å². The molecule has 0 aliphatic heterocycles. The van der Waals surface area contributed by atoms with E-state index in [0.29, 0.717) is 17.9 Å². The summed E-state index contributed by atoms with van der Waals surface area (Å²) in [7, 11) is 0. The van der Waals surface area contributed by atoms with Crippen LogP contribution in [-0.4, -0.2) is 11.7 Å². The van der Waals surface area contributed by atoms with E-state index in [9.17, 15) is 9.18 Å². The lowest BCUT2D eigenvalue weighted by Crippen LogP contribution is -2.27. The van der Waals surface area contributed by atoms with Gasteiger partial charge in [-0.1, -0.05) is 18.2 Å². The van der Waals surface area contributed by atoms with Crippen LogP contribution in [0.15, 0.2) is 42.5 Å². The molecule has 5 nitrogen and oxygen atoms in total. The first kappa shape index (κ1) is 17.6. The molecule has 0 atom stereocenters. The molecule has 6 heteroatoms. The fourth-order valence-corrected chi connectivity index (χ4v) is 2.05. The van der Waals surface area contributed by atoms with Gasteiger partial charge in [0.1, 0.15) is 11.4 Å². The van der Waals surface area contributed by atoms with Crippen molar-refractivity contribution in [1.29, 1.82) is 0 Å². The molecule has 0 heterocycles. The number of para-hydroxylation sites is 1. The largest absolute Gasteiger partial charge is 0.444 e. The maximum Gasteiger partial charge on any atom is 0.412 e. The minimum atomic E-state index is -0.601. The van der Waals surface area contributed by atoms with Crippen LogP contribution in [0.5, 0.6) is 0 Å². The lowest BCUT2D eigenvalue weighted by Gasteiger charge is -2.20. The van der Waals surface area contributed by atoms with E-state index in [2.05, 4.69) is 10.6 Å². The van der Waals surface area contributed by atoms with Crippen LogP contribution in [0.1, 0.15) is 26.3 Å². The van der Waals surface area contributed by atoms with Gasteiger partial charge in [-0.15, -0.1) is 0 Å². The number of halogens is 1. The molecule has 0 saturated carbocycles. The van der Waals surface area contributed by atoms with Gasteiger partial charge in [-0.25, -0.2) is 9.18 Å². The predicted octanol–water partition coefficient (Wildman–Crippen LogP) is 4.37. The molecule has 0 fully saturated rings. The summed E-state index contributed by atoms with van der Waals surface area (Å²) in [4.78, 5) is 11.8. The van der Waals surface area contributed by atoms with Crippen LogP contribution in [0.2, 0.25) is 0 Å². The number of anilines is 3. The van der Waals surface area contributed by atoms with Crippen LogP contribution < -0.4 is 16.4 Å². The van der Waals surface area contributed by atoms with E-state index in [1.807, 2.05) is 18.2 Å². The fraction of sp³-hybridized carbons (Fsp3) is 0.278. The highest BCUT2D eigenvalue weighted by atomic mass is 19.1. The lowest BCUT2D eigenvalue weighted by atomic mass is 10.1. The Morgan fingerprint density at radius 1 is 1.21 bits per heavy atom. The number of nitrogens with two attached hydrogens (primary N) is 1. The smallest absolute Gasteiger partial charge is 0.412 e. The normalized spacial score (nSPS) is 11.0. The molecular formula is C18H22FN3O2. The van der Waals surface area contributed by atoms with Crippen LogP contribution in [0, 0.1) is 5.82 Å². The number of benzene rings is 2. The van der Waals surface area contributed by atoms with Crippen molar-refractivity contribution in [3.8, 4) is 0 Å². The van der Waals surface area contributed by atoms with Crippen LogP contribution in [0.25, 0.3) is 0 Å². The Kier molecular flexibility index (Phi) is 5.28. The van der Waals surface area contributed by atoms with Crippen LogP contribution in [0.3, 0.4) is 0 Å². The van der Waals surface area contributed by atoms with Gasteiger partial charge in [0.05, 0.1) is 5.69 Å². The van der Waals surface area contributed by atoms with Crippen molar-refractivity contribution in [2.45, 2.75) is 32.9 Å². The van der Waals surface area contributed by atoms with E-state index < -0.39 is 17.5 Å². The first-order valence-corrected chi connectivity index (χ1v) is 7.61. The number of hydrogen-bond donors (Lipinski definition) is 3. The maximum atomic E-state index is 13.9. The number of amides is 1. The average molecular weight is 331 g/mol. The SMILES string of the molecule is CC(C)(C)OC(=O)Nc1ccc(F)c(NCc2ccccc2N)c1. The van der Waals surface area contributed by atoms with Crippen molar-refractivity contribution in [3.63, 3.8) is 0 Å². The van der Waals surface area contributed by atoms with Crippen LogP contribution >= 0.6 is 0 Å². The highest BCUT2D eigenvalue weighted by Crippen LogP contribution is 2.22. The molecule has 0 aromatic heterocycles. The molecule has 0 aliphatic carbocycles. The maximum absolute atomic E-state index is 13.9. The van der Waals surface area contributed by atoms with E-state index >= 15 is 0 Å². The van der Waals surface area contributed by atoms with Gasteiger partial charge < -0.3 is 15.8 Å². The molecule has 24 heavy (non-hydrogen) atoms. The second-order valence-electron chi connectivity index (χ2n) is 6.37. The van der Waals surface area contributed by atoms with E-state index in [1.165, 1.54) is 18.2 Å². The van der Waals surface area contributed by atoms with E-state index in [1.54, 1.807) is 26.8 Å². The summed E-state index contributed by atoms with van der Waals surface area (Å²) in [6.07, 6.45) is -0.590. The zero-order valence-electron chi connectivity index (χ0n) is 14.0. The van der Waals surface area contributed by atoms with Gasteiger partial charge in [-0.2, -0.15) is 0 Å². The molecule has 0 saturated heterocycles. The molecule has 2 aromatic rings. The minimum absolute atomic E-state index is 0.270. The molecule has 128 valence electrons. The van der Waals surface area contributed by atoms with Gasteiger partial charge in [-0.05, 0) is 50.6 Å². The van der Waals surface area contributed by atoms with Crippen LogP contribution in [0.4, 0.5) is 26.2 Å². The average Bonchev–Trinajstić information content (AvgIpc) is 2.47. The van der Waals surface area contributed by atoms with Gasteiger partial charge in [-0.3, -0.25) is 5.32 Å². The topological polar surface area (TPSA) is 76.4 Å². The number of hydrogen-bond acceptors (Lipinski definition) is 4. The second kappa shape index (κ2) is 7.21. The first-order valence-electron chi connectivity index (χ1n) is 7.61. The Labute approximate surface area is 141 Å². The zero-order chi connectivity index (χ0) is 17.7. The number of nitrogens with one attached hydrogen (secondary N) is 2. The summed E-state index contributed by atoms with van der Waals surface area (Å²) in [6.45, 7) is 5.69. The Balaban J connectivity index is 2.06. The van der Waals surface area contributed by atoms with E-state index in [4.69, 9.17) is 10.5 Å². The van der Waals surface area contributed by atoms with Crippen molar-refractivity contribution < 1.29 is 13.9 Å². The summed E-state index contributed by atoms with van der Waals surface area (Å²) < 4.78 is 19.1. The molecular weight excluding hydrogens is 309 g/mol. The summed E-state index contributed by atoms with van der Waals surface area (Å²) in [6, 6.07) is 11.6. The Hall–Kier alpha value is -2.76. The third-order valence-corrected chi connectivity index (χ3v) is 3.14. The highest BCUT2D eigenvalue weighted by Gasteiger charge is 2.16. The molecule has 1 amide bonds. The van der Waals surface area contributed by atoms with Crippen molar-refractivity contribution in [2.24, 2.45) is 0 Å². The predicted molar refractivity (Wildman–Crippen MR) is 94.4 cm³/mol. The third kappa shape index (κ3) is 5.15. The number of rotatable bonds is 4. The molecule has 4 N–H and O–H groups in total. The van der Waals surface area contributed by atoms with Crippen molar-refractivity contribution in [3.05, 3.63) is 53.8 Å². The van der Waals surface area contributed by atoms with Crippen molar-refractivity contribution in [2.75, 3.05) is 16.4 Å². The molecule has 0 radical (unpaired) electrons. The lowest BCUT2D eigenvalue weighted by molar-refractivity contribution is 0.0636. The minimum Gasteiger partial charge on any atom is -0.444 e. The highest BCUT2D eigenvalue weighted by molar-refractivity contribution is 5.85. The monoisotopic (exact) mass is 331 g/mol. The number of nitrogen functional groups attached to an aromatic ring is 1. The molecule has 0 bridgehead atoms. The number of ether oxygens (including phenoxy) is 1. The number of carbonyl (C=O) groups excluding carboxylic acids is 1. The molecule has 0 spiro atoms. The van der Waals surface area contributed by atoms with Crippen molar-refractivity contribution >= 4 is 23.2 Å². The van der Waals surface area contributed by atoms with Gasteiger partial charge >= 0.3 is 6.09 Å². The van der Waals surface area contributed by atoms with E-state index in [0.717, 1.165) is 5.56 Å². The summed E-state index contributed by atoms with van der Waals surface area (Å²) >= 11 is 0. The second-order valence-corrected chi connectivity index (χ2v) is 6.37. The summed E-state index contributed by atoms with van der Waals surface area (Å²) in [5, 5.41) is 5.57. The molecule has 2 aromatic carbocycles. The molecule has 0 unspecified atom stereocenters. The summed E-state index contributed by atoms with van der Waals surface area (Å²) in [5.74, 6) is -0.417.